The Bertz CT molecular complexity index is 760. The van der Waals surface area contributed by atoms with Gasteiger partial charge in [0.15, 0.2) is 0 Å². The number of hydrogen-bond acceptors (Lipinski definition) is 3. The molecule has 0 aliphatic carbocycles. The van der Waals surface area contributed by atoms with E-state index in [9.17, 15) is 4.79 Å². The number of nitrogens with one attached hydrogen (secondary N) is 3. The van der Waals surface area contributed by atoms with Gasteiger partial charge in [-0.2, -0.15) is 0 Å². The number of imidazole rings is 1. The molecule has 102 valence electrons. The normalized spacial score (nSPS) is 12.7. The molecule has 0 aliphatic rings. The fourth-order valence-corrected chi connectivity index (χ4v) is 2.45. The van der Waals surface area contributed by atoms with Gasteiger partial charge in [0.1, 0.15) is 0 Å². The number of H-pyrrole nitrogens is 2. The van der Waals surface area contributed by atoms with Gasteiger partial charge in [-0.15, -0.1) is 0 Å². The summed E-state index contributed by atoms with van der Waals surface area (Å²) in [6.45, 7) is 0.789. The molecule has 2 aromatic heterocycles. The first-order chi connectivity index (χ1) is 9.78. The summed E-state index contributed by atoms with van der Waals surface area (Å²) in [7, 11) is 1.92. The molecule has 3 rings (SSSR count). The van der Waals surface area contributed by atoms with E-state index in [2.05, 4.69) is 20.3 Å². The van der Waals surface area contributed by atoms with Gasteiger partial charge in [-0.05, 0) is 36.9 Å². The van der Waals surface area contributed by atoms with Crippen molar-refractivity contribution in [1.82, 2.24) is 20.3 Å². The summed E-state index contributed by atoms with van der Waals surface area (Å²) in [5.41, 5.74) is 3.60. The van der Waals surface area contributed by atoms with E-state index < -0.39 is 0 Å². The van der Waals surface area contributed by atoms with Gasteiger partial charge in [-0.25, -0.2) is 4.79 Å². The molecular weight excluding hydrogens is 252 g/mol. The number of benzene rings is 1. The van der Waals surface area contributed by atoms with Crippen molar-refractivity contribution in [2.24, 2.45) is 0 Å². The van der Waals surface area contributed by atoms with Crippen molar-refractivity contribution in [3.8, 4) is 0 Å². The summed E-state index contributed by atoms with van der Waals surface area (Å²) in [4.78, 5) is 21.3. The van der Waals surface area contributed by atoms with Gasteiger partial charge in [-0.1, -0.05) is 12.1 Å². The number of aromatic amines is 2. The van der Waals surface area contributed by atoms with Gasteiger partial charge < -0.3 is 15.3 Å². The molecule has 1 atom stereocenters. The predicted molar refractivity (Wildman–Crippen MR) is 78.9 cm³/mol. The van der Waals surface area contributed by atoms with Crippen LogP contribution < -0.4 is 11.0 Å². The van der Waals surface area contributed by atoms with Crippen molar-refractivity contribution in [1.29, 1.82) is 0 Å². The first kappa shape index (κ1) is 12.6. The van der Waals surface area contributed by atoms with Gasteiger partial charge in [0.05, 0.1) is 11.0 Å². The molecule has 2 heterocycles. The van der Waals surface area contributed by atoms with Crippen molar-refractivity contribution >= 4 is 11.0 Å². The summed E-state index contributed by atoms with van der Waals surface area (Å²) < 4.78 is 0. The third-order valence-corrected chi connectivity index (χ3v) is 3.40. The molecule has 0 radical (unpaired) electrons. The number of hydrogen-bond donors (Lipinski definition) is 3. The van der Waals surface area contributed by atoms with E-state index in [0.29, 0.717) is 0 Å². The molecule has 0 amide bonds. The molecule has 0 fully saturated rings. The molecule has 0 spiro atoms. The second-order valence-corrected chi connectivity index (χ2v) is 4.75. The van der Waals surface area contributed by atoms with E-state index >= 15 is 0 Å². The highest BCUT2D eigenvalue weighted by Crippen LogP contribution is 2.24. The average Bonchev–Trinajstić information content (AvgIpc) is 2.84. The Morgan fingerprint density at radius 2 is 2.05 bits per heavy atom. The molecule has 0 bridgehead atoms. The van der Waals surface area contributed by atoms with Gasteiger partial charge in [0.2, 0.25) is 0 Å². The molecule has 0 saturated heterocycles. The fourth-order valence-electron chi connectivity index (χ4n) is 2.45. The lowest BCUT2D eigenvalue weighted by molar-refractivity contribution is 0.692. The van der Waals surface area contributed by atoms with E-state index in [1.165, 1.54) is 0 Å². The standard InChI is InChI=1S/C15H16N4O/c1-16-9-11(12-4-2-3-7-17-12)10-5-6-13-14(8-10)19-15(20)18-13/h2-8,11,16H,9H2,1H3,(H2,18,19,20). The molecule has 0 saturated carbocycles. The highest BCUT2D eigenvalue weighted by molar-refractivity contribution is 5.75. The zero-order chi connectivity index (χ0) is 13.9. The monoisotopic (exact) mass is 268 g/mol. The first-order valence-corrected chi connectivity index (χ1v) is 6.55. The predicted octanol–water partition coefficient (Wildman–Crippen LogP) is 1.60. The summed E-state index contributed by atoms with van der Waals surface area (Å²) in [6.07, 6.45) is 1.80. The largest absolute Gasteiger partial charge is 0.323 e. The maximum absolute atomic E-state index is 11.3. The van der Waals surface area contributed by atoms with Gasteiger partial charge >= 0.3 is 5.69 Å². The molecule has 0 aliphatic heterocycles. The van der Waals surface area contributed by atoms with E-state index in [0.717, 1.165) is 28.8 Å². The molecule has 1 unspecified atom stereocenters. The third kappa shape index (κ3) is 2.35. The fraction of sp³-hybridized carbons (Fsp3) is 0.200. The number of pyridine rings is 1. The van der Waals surface area contributed by atoms with E-state index in [-0.39, 0.29) is 11.6 Å². The Hall–Kier alpha value is -2.40. The zero-order valence-corrected chi connectivity index (χ0v) is 11.2. The van der Waals surface area contributed by atoms with Crippen molar-refractivity contribution in [3.05, 3.63) is 64.3 Å². The summed E-state index contributed by atoms with van der Waals surface area (Å²) in [5, 5.41) is 3.20. The zero-order valence-electron chi connectivity index (χ0n) is 11.2. The van der Waals surface area contributed by atoms with Crippen LogP contribution in [0.3, 0.4) is 0 Å². The third-order valence-electron chi connectivity index (χ3n) is 3.40. The van der Waals surface area contributed by atoms with Crippen molar-refractivity contribution in [2.45, 2.75) is 5.92 Å². The van der Waals surface area contributed by atoms with Gasteiger partial charge in [0.25, 0.3) is 0 Å². The number of fused-ring (bicyclic) bond motifs is 1. The Morgan fingerprint density at radius 1 is 1.20 bits per heavy atom. The minimum absolute atomic E-state index is 0.156. The Balaban J connectivity index is 2.07. The quantitative estimate of drug-likeness (QED) is 0.673. The number of rotatable bonds is 4. The lowest BCUT2D eigenvalue weighted by atomic mass is 9.94. The van der Waals surface area contributed by atoms with E-state index in [1.807, 2.05) is 43.4 Å². The average molecular weight is 268 g/mol. The first-order valence-electron chi connectivity index (χ1n) is 6.55. The molecular formula is C15H16N4O. The molecule has 5 heteroatoms. The molecule has 3 aromatic rings. The Morgan fingerprint density at radius 3 is 2.80 bits per heavy atom. The summed E-state index contributed by atoms with van der Waals surface area (Å²) in [5.74, 6) is 0.156. The van der Waals surface area contributed by atoms with Crippen LogP contribution in [0.25, 0.3) is 11.0 Å². The van der Waals surface area contributed by atoms with Crippen molar-refractivity contribution < 1.29 is 0 Å². The smallest absolute Gasteiger partial charge is 0.319 e. The maximum atomic E-state index is 11.3. The van der Waals surface area contributed by atoms with E-state index in [1.54, 1.807) is 6.20 Å². The molecule has 3 N–H and O–H groups in total. The van der Waals surface area contributed by atoms with E-state index in [4.69, 9.17) is 0 Å². The highest BCUT2D eigenvalue weighted by atomic mass is 16.1. The molecule has 20 heavy (non-hydrogen) atoms. The van der Waals surface area contributed by atoms with Crippen LogP contribution in [0.5, 0.6) is 0 Å². The van der Waals surface area contributed by atoms with Crippen LogP contribution in [0.1, 0.15) is 17.2 Å². The summed E-state index contributed by atoms with van der Waals surface area (Å²) in [6, 6.07) is 11.9. The van der Waals surface area contributed by atoms with Crippen LogP contribution in [0.15, 0.2) is 47.4 Å². The maximum Gasteiger partial charge on any atom is 0.323 e. The van der Waals surface area contributed by atoms with Gasteiger partial charge in [-0.3, -0.25) is 4.98 Å². The lowest BCUT2D eigenvalue weighted by Gasteiger charge is -2.16. The number of likely N-dealkylation sites (N-methyl/N-ethyl adjacent to an activating group) is 1. The Labute approximate surface area is 116 Å². The minimum Gasteiger partial charge on any atom is -0.319 e. The highest BCUT2D eigenvalue weighted by Gasteiger charge is 2.15. The summed E-state index contributed by atoms with van der Waals surface area (Å²) >= 11 is 0. The Kier molecular flexibility index (Phi) is 3.35. The second-order valence-electron chi connectivity index (χ2n) is 4.75. The van der Waals surface area contributed by atoms with Crippen LogP contribution in [-0.4, -0.2) is 28.5 Å². The minimum atomic E-state index is -0.180. The van der Waals surface area contributed by atoms with Crippen LogP contribution in [0, 0.1) is 0 Å². The number of nitrogens with zero attached hydrogens (tertiary/aromatic N) is 1. The van der Waals surface area contributed by atoms with Gasteiger partial charge in [0, 0.05) is 24.4 Å². The van der Waals surface area contributed by atoms with Crippen LogP contribution in [-0.2, 0) is 0 Å². The topological polar surface area (TPSA) is 73.6 Å². The van der Waals surface area contributed by atoms with Crippen molar-refractivity contribution in [2.75, 3.05) is 13.6 Å². The van der Waals surface area contributed by atoms with Crippen LogP contribution in [0.4, 0.5) is 0 Å². The number of aromatic nitrogens is 3. The SMILES string of the molecule is CNCC(c1ccc2[nH]c(=O)[nH]c2c1)c1ccccn1. The molecule has 1 aromatic carbocycles. The van der Waals surface area contributed by atoms with Crippen LogP contribution >= 0.6 is 0 Å². The van der Waals surface area contributed by atoms with Crippen molar-refractivity contribution in [3.63, 3.8) is 0 Å². The lowest BCUT2D eigenvalue weighted by Crippen LogP contribution is -2.19. The van der Waals surface area contributed by atoms with Crippen LogP contribution in [0.2, 0.25) is 0 Å². The second kappa shape index (κ2) is 5.30. The molecule has 5 nitrogen and oxygen atoms in total.